The van der Waals surface area contributed by atoms with Crippen molar-refractivity contribution in [3.63, 3.8) is 0 Å². The predicted molar refractivity (Wildman–Crippen MR) is 40.2 cm³/mol. The molecule has 0 N–H and O–H groups in total. The molecule has 1 aliphatic rings. The highest BCUT2D eigenvalue weighted by Gasteiger charge is 2.35. The highest BCUT2D eigenvalue weighted by molar-refractivity contribution is 8.00. The Morgan fingerprint density at radius 2 is 2.15 bits per heavy atom. The number of thioether (sulfide) groups is 1. The number of rotatable bonds is 2. The fourth-order valence-corrected chi connectivity index (χ4v) is 1.61. The average molecular weight is 209 g/mol. The molecule has 2 rings (SSSR count). The van der Waals surface area contributed by atoms with Crippen LogP contribution in [-0.2, 0) is 0 Å². The van der Waals surface area contributed by atoms with Gasteiger partial charge in [-0.2, -0.15) is 13.2 Å². The molecular weight excluding hydrogens is 203 g/mol. The third-order valence-electron chi connectivity index (χ3n) is 1.69. The molecule has 13 heavy (non-hydrogen) atoms. The van der Waals surface area contributed by atoms with Gasteiger partial charge in [-0.1, -0.05) is 0 Å². The molecule has 7 heteroatoms. The Balaban J connectivity index is 2.15. The van der Waals surface area contributed by atoms with Crippen molar-refractivity contribution in [3.8, 4) is 0 Å². The molecule has 1 fully saturated rings. The molecule has 1 aromatic heterocycles. The molecule has 0 atom stereocenters. The largest absolute Gasteiger partial charge is 0.449 e. The number of alkyl halides is 3. The second kappa shape index (κ2) is 2.90. The first kappa shape index (κ1) is 8.86. The number of halogens is 3. The van der Waals surface area contributed by atoms with Crippen molar-refractivity contribution >= 4 is 11.8 Å². The van der Waals surface area contributed by atoms with Gasteiger partial charge in [-0.3, -0.25) is 0 Å². The van der Waals surface area contributed by atoms with Crippen molar-refractivity contribution in [2.45, 2.75) is 29.5 Å². The topological polar surface area (TPSA) is 30.7 Å². The van der Waals surface area contributed by atoms with Crippen molar-refractivity contribution in [2.24, 2.45) is 0 Å². The molecule has 0 spiro atoms. The maximum atomic E-state index is 12.0. The number of hydrogen-bond donors (Lipinski definition) is 0. The van der Waals surface area contributed by atoms with Crippen LogP contribution in [0.1, 0.15) is 18.9 Å². The van der Waals surface area contributed by atoms with Crippen molar-refractivity contribution in [1.82, 2.24) is 14.8 Å². The van der Waals surface area contributed by atoms with Crippen LogP contribution < -0.4 is 0 Å². The molecule has 3 nitrogen and oxygen atoms in total. The Morgan fingerprint density at radius 1 is 1.46 bits per heavy atom. The normalized spacial score (nSPS) is 17.8. The standard InChI is InChI=1S/C6H6F3N3S/c7-6(8,9)13-5-11-10-3-12(5)4-1-2-4/h3-4H,1-2H2. The Morgan fingerprint density at radius 3 is 2.69 bits per heavy atom. The monoisotopic (exact) mass is 209 g/mol. The summed E-state index contributed by atoms with van der Waals surface area (Å²) in [6.07, 6.45) is 3.19. The van der Waals surface area contributed by atoms with E-state index >= 15 is 0 Å². The Labute approximate surface area is 76.3 Å². The van der Waals surface area contributed by atoms with E-state index in [1.165, 1.54) is 10.9 Å². The lowest BCUT2D eigenvalue weighted by molar-refractivity contribution is -0.0332. The molecule has 72 valence electrons. The predicted octanol–water partition coefficient (Wildman–Crippen LogP) is 2.22. The molecule has 0 radical (unpaired) electrons. The molecule has 0 aromatic carbocycles. The minimum Gasteiger partial charge on any atom is -0.305 e. The molecule has 1 heterocycles. The van der Waals surface area contributed by atoms with Gasteiger partial charge in [0.1, 0.15) is 6.33 Å². The van der Waals surface area contributed by atoms with Gasteiger partial charge in [0.05, 0.1) is 0 Å². The molecule has 0 unspecified atom stereocenters. The van der Waals surface area contributed by atoms with E-state index < -0.39 is 5.51 Å². The average Bonchev–Trinajstić information content (AvgIpc) is 2.72. The van der Waals surface area contributed by atoms with E-state index in [1.54, 1.807) is 0 Å². The zero-order chi connectivity index (χ0) is 9.47. The number of aromatic nitrogens is 3. The van der Waals surface area contributed by atoms with Crippen LogP contribution in [-0.4, -0.2) is 20.3 Å². The summed E-state index contributed by atoms with van der Waals surface area (Å²) < 4.78 is 37.4. The first-order chi connectivity index (χ1) is 6.06. The Kier molecular flexibility index (Phi) is 1.98. The van der Waals surface area contributed by atoms with Gasteiger partial charge in [-0.15, -0.1) is 10.2 Å². The summed E-state index contributed by atoms with van der Waals surface area (Å²) in [7, 11) is 0. The van der Waals surface area contributed by atoms with Crippen LogP contribution >= 0.6 is 11.8 Å². The highest BCUT2D eigenvalue weighted by atomic mass is 32.2. The fourth-order valence-electron chi connectivity index (χ4n) is 1.01. The quantitative estimate of drug-likeness (QED) is 0.700. The van der Waals surface area contributed by atoms with E-state index in [-0.39, 0.29) is 23.0 Å². The third kappa shape index (κ3) is 2.15. The number of nitrogens with zero attached hydrogens (tertiary/aromatic N) is 3. The van der Waals surface area contributed by atoms with E-state index in [9.17, 15) is 13.2 Å². The van der Waals surface area contributed by atoms with Gasteiger partial charge < -0.3 is 4.57 Å². The summed E-state index contributed by atoms with van der Waals surface area (Å²) in [5, 5.41) is 6.82. The molecule has 0 bridgehead atoms. The van der Waals surface area contributed by atoms with Crippen LogP contribution in [0.25, 0.3) is 0 Å². The second-order valence-corrected chi connectivity index (χ2v) is 3.83. The summed E-state index contributed by atoms with van der Waals surface area (Å²) >= 11 is -0.208. The molecule has 0 amide bonds. The van der Waals surface area contributed by atoms with Gasteiger partial charge in [0.15, 0.2) is 5.16 Å². The van der Waals surface area contributed by atoms with Gasteiger partial charge >= 0.3 is 5.51 Å². The molecule has 1 aromatic rings. The molecule has 1 saturated carbocycles. The van der Waals surface area contributed by atoms with Gasteiger partial charge in [0, 0.05) is 17.8 Å². The first-order valence-electron chi connectivity index (χ1n) is 3.71. The SMILES string of the molecule is FC(F)(F)Sc1nncn1C1CC1. The maximum absolute atomic E-state index is 12.0. The summed E-state index contributed by atoms with van der Waals surface area (Å²) in [5.74, 6) is 0. The van der Waals surface area contributed by atoms with Crippen LogP contribution in [0.5, 0.6) is 0 Å². The van der Waals surface area contributed by atoms with E-state index in [0.717, 1.165) is 12.8 Å². The van der Waals surface area contributed by atoms with E-state index in [1.807, 2.05) is 0 Å². The van der Waals surface area contributed by atoms with Crippen molar-refractivity contribution in [2.75, 3.05) is 0 Å². The molecule has 1 aliphatic carbocycles. The van der Waals surface area contributed by atoms with E-state index in [0.29, 0.717) is 0 Å². The molecule has 0 saturated heterocycles. The van der Waals surface area contributed by atoms with Crippen LogP contribution in [0, 0.1) is 0 Å². The van der Waals surface area contributed by atoms with Crippen LogP contribution in [0.4, 0.5) is 13.2 Å². The van der Waals surface area contributed by atoms with E-state index in [4.69, 9.17) is 0 Å². The highest BCUT2D eigenvalue weighted by Crippen LogP contribution is 2.41. The smallest absolute Gasteiger partial charge is 0.305 e. The van der Waals surface area contributed by atoms with Crippen LogP contribution in [0.2, 0.25) is 0 Å². The van der Waals surface area contributed by atoms with Gasteiger partial charge in [-0.05, 0) is 12.8 Å². The van der Waals surface area contributed by atoms with Crippen molar-refractivity contribution in [3.05, 3.63) is 6.33 Å². The first-order valence-corrected chi connectivity index (χ1v) is 4.53. The minimum atomic E-state index is -4.28. The third-order valence-corrected chi connectivity index (χ3v) is 2.39. The zero-order valence-electron chi connectivity index (χ0n) is 6.45. The van der Waals surface area contributed by atoms with Gasteiger partial charge in [0.2, 0.25) is 0 Å². The lowest BCUT2D eigenvalue weighted by Crippen LogP contribution is -2.04. The summed E-state index contributed by atoms with van der Waals surface area (Å²) in [6.45, 7) is 0. The summed E-state index contributed by atoms with van der Waals surface area (Å²) in [5.41, 5.74) is -4.28. The van der Waals surface area contributed by atoms with E-state index in [2.05, 4.69) is 10.2 Å². The van der Waals surface area contributed by atoms with Gasteiger partial charge in [0.25, 0.3) is 0 Å². The minimum absolute atomic E-state index is 0.0602. The van der Waals surface area contributed by atoms with Gasteiger partial charge in [-0.25, -0.2) is 0 Å². The lowest BCUT2D eigenvalue weighted by atomic mass is 10.7. The van der Waals surface area contributed by atoms with Crippen LogP contribution in [0.3, 0.4) is 0 Å². The van der Waals surface area contributed by atoms with Crippen molar-refractivity contribution < 1.29 is 13.2 Å². The molecule has 0 aliphatic heterocycles. The Hall–Kier alpha value is -0.720. The summed E-state index contributed by atoms with van der Waals surface area (Å²) in [4.78, 5) is 0. The molecular formula is C6H6F3N3S. The maximum Gasteiger partial charge on any atom is 0.449 e. The summed E-state index contributed by atoms with van der Waals surface area (Å²) in [6, 6.07) is 0.180. The second-order valence-electron chi connectivity index (χ2n) is 2.80. The van der Waals surface area contributed by atoms with Crippen LogP contribution in [0.15, 0.2) is 11.5 Å². The Bertz CT molecular complexity index is 304. The lowest BCUT2D eigenvalue weighted by Gasteiger charge is -2.05. The zero-order valence-corrected chi connectivity index (χ0v) is 7.27. The van der Waals surface area contributed by atoms with Crippen molar-refractivity contribution in [1.29, 1.82) is 0 Å². The fraction of sp³-hybridized carbons (Fsp3) is 0.667. The number of hydrogen-bond acceptors (Lipinski definition) is 3.